The highest BCUT2D eigenvalue weighted by Gasteiger charge is 2.12. The molecule has 1 N–H and O–H groups in total. The lowest BCUT2D eigenvalue weighted by atomic mass is 10.1. The van der Waals surface area contributed by atoms with Crippen molar-refractivity contribution in [1.29, 1.82) is 0 Å². The van der Waals surface area contributed by atoms with Crippen molar-refractivity contribution in [3.05, 3.63) is 99.1 Å². The van der Waals surface area contributed by atoms with Crippen molar-refractivity contribution in [2.45, 2.75) is 26.4 Å². The zero-order chi connectivity index (χ0) is 21.8. The first-order valence-electron chi connectivity index (χ1n) is 10.2. The molecule has 4 rings (SSSR count). The monoisotopic (exact) mass is 434 g/mol. The summed E-state index contributed by atoms with van der Waals surface area (Å²) in [7, 11) is 0. The third-order valence-electron chi connectivity index (χ3n) is 5.18. The van der Waals surface area contributed by atoms with Gasteiger partial charge in [-0.2, -0.15) is 4.98 Å². The number of aliphatic hydroxyl groups is 1. The molecule has 0 bridgehead atoms. The Morgan fingerprint density at radius 2 is 1.84 bits per heavy atom. The van der Waals surface area contributed by atoms with Crippen LogP contribution in [0.3, 0.4) is 0 Å². The Labute approximate surface area is 185 Å². The summed E-state index contributed by atoms with van der Waals surface area (Å²) in [5.74, 6) is 0.721. The Morgan fingerprint density at radius 1 is 1.03 bits per heavy atom. The van der Waals surface area contributed by atoms with Gasteiger partial charge in [-0.25, -0.2) is 4.79 Å². The minimum absolute atomic E-state index is 0.0170. The predicted molar refractivity (Wildman–Crippen MR) is 123 cm³/mol. The fourth-order valence-electron chi connectivity index (χ4n) is 3.65. The van der Waals surface area contributed by atoms with Crippen LogP contribution in [0, 0.1) is 0 Å². The van der Waals surface area contributed by atoms with Gasteiger partial charge in [-0.3, -0.25) is 4.57 Å². The normalized spacial score (nSPS) is 11.1. The number of hydrogen-bond donors (Lipinski definition) is 1. The van der Waals surface area contributed by atoms with E-state index in [0.717, 1.165) is 39.2 Å². The number of halogens is 1. The van der Waals surface area contributed by atoms with Gasteiger partial charge in [0.1, 0.15) is 5.75 Å². The van der Waals surface area contributed by atoms with Gasteiger partial charge in [0.2, 0.25) is 0 Å². The molecule has 31 heavy (non-hydrogen) atoms. The van der Waals surface area contributed by atoms with Crippen molar-refractivity contribution in [3.63, 3.8) is 0 Å². The minimum atomic E-state index is -0.319. The highest BCUT2D eigenvalue weighted by Crippen LogP contribution is 2.23. The average Bonchev–Trinajstić information content (AvgIpc) is 2.78. The van der Waals surface area contributed by atoms with Gasteiger partial charge in [0, 0.05) is 16.8 Å². The van der Waals surface area contributed by atoms with Gasteiger partial charge in [0.25, 0.3) is 0 Å². The van der Waals surface area contributed by atoms with Gasteiger partial charge in [0.05, 0.1) is 30.1 Å². The summed E-state index contributed by atoms with van der Waals surface area (Å²) in [6, 6.07) is 20.7. The predicted octanol–water partition coefficient (Wildman–Crippen LogP) is 4.72. The molecular weight excluding hydrogens is 412 g/mol. The van der Waals surface area contributed by atoms with Crippen LogP contribution < -0.4 is 10.4 Å². The van der Waals surface area contributed by atoms with E-state index in [2.05, 4.69) is 4.98 Å². The number of aryl methyl sites for hydroxylation is 1. The minimum Gasteiger partial charge on any atom is -0.493 e. The molecule has 0 saturated carbocycles. The van der Waals surface area contributed by atoms with Crippen LogP contribution in [0.4, 0.5) is 0 Å². The Hall–Kier alpha value is -3.15. The quantitative estimate of drug-likeness (QED) is 0.457. The van der Waals surface area contributed by atoms with Crippen LogP contribution in [0.5, 0.6) is 5.75 Å². The Morgan fingerprint density at radius 3 is 2.65 bits per heavy atom. The van der Waals surface area contributed by atoms with E-state index < -0.39 is 0 Å². The molecule has 3 aromatic carbocycles. The molecule has 6 heteroatoms. The highest BCUT2D eigenvalue weighted by molar-refractivity contribution is 6.31. The van der Waals surface area contributed by atoms with E-state index in [1.54, 1.807) is 4.57 Å². The molecular formula is C25H23ClN2O3. The second-order valence-electron chi connectivity index (χ2n) is 7.27. The van der Waals surface area contributed by atoms with Crippen LogP contribution in [0.25, 0.3) is 16.6 Å². The molecule has 0 radical (unpaired) electrons. The lowest BCUT2D eigenvalue weighted by Crippen LogP contribution is -2.23. The number of hydrogen-bond acceptors (Lipinski definition) is 4. The van der Waals surface area contributed by atoms with Gasteiger partial charge in [-0.05, 0) is 60.0 Å². The number of aliphatic hydroxyl groups excluding tert-OH is 1. The maximum Gasteiger partial charge on any atom is 0.352 e. The van der Waals surface area contributed by atoms with Gasteiger partial charge in [0.15, 0.2) is 0 Å². The van der Waals surface area contributed by atoms with Gasteiger partial charge >= 0.3 is 5.69 Å². The maximum absolute atomic E-state index is 12.9. The Balaban J connectivity index is 1.62. The van der Waals surface area contributed by atoms with Crippen LogP contribution in [-0.4, -0.2) is 21.3 Å². The summed E-state index contributed by atoms with van der Waals surface area (Å²) in [5, 5.41) is 10.7. The van der Waals surface area contributed by atoms with Crippen LogP contribution in [-0.2, 0) is 19.4 Å². The fraction of sp³-hybridized carbons (Fsp3) is 0.200. The van der Waals surface area contributed by atoms with Crippen molar-refractivity contribution in [2.75, 3.05) is 6.61 Å². The van der Waals surface area contributed by atoms with E-state index in [1.807, 2.05) is 73.7 Å². The van der Waals surface area contributed by atoms with Crippen LogP contribution >= 0.6 is 11.6 Å². The molecule has 1 aromatic heterocycles. The maximum atomic E-state index is 12.9. The van der Waals surface area contributed by atoms with Crippen LogP contribution in [0.15, 0.2) is 71.5 Å². The molecule has 0 amide bonds. The van der Waals surface area contributed by atoms with Crippen molar-refractivity contribution < 1.29 is 9.84 Å². The molecule has 0 atom stereocenters. The molecule has 0 unspecified atom stereocenters. The van der Waals surface area contributed by atoms with Crippen molar-refractivity contribution in [1.82, 2.24) is 9.55 Å². The zero-order valence-electron chi connectivity index (χ0n) is 17.2. The standard InChI is InChI=1S/C25H23ClN2O3/c1-2-23-22-10-9-19(26)15-24(22)28(25(30)27-23)20-7-3-5-17(13-20)11-12-31-21-8-4-6-18(14-21)16-29/h3-10,13-15,29H,2,11-12,16H2,1H3. The summed E-state index contributed by atoms with van der Waals surface area (Å²) in [5.41, 5.74) is 3.79. The van der Waals surface area contributed by atoms with E-state index in [0.29, 0.717) is 24.5 Å². The number of fused-ring (bicyclic) bond motifs is 1. The third-order valence-corrected chi connectivity index (χ3v) is 5.41. The largest absolute Gasteiger partial charge is 0.493 e. The second-order valence-corrected chi connectivity index (χ2v) is 7.70. The number of ether oxygens (including phenoxy) is 1. The molecule has 0 spiro atoms. The molecule has 158 valence electrons. The van der Waals surface area contributed by atoms with Gasteiger partial charge in [-0.1, -0.05) is 42.8 Å². The first-order valence-corrected chi connectivity index (χ1v) is 10.6. The molecule has 1 heterocycles. The highest BCUT2D eigenvalue weighted by atomic mass is 35.5. The zero-order valence-corrected chi connectivity index (χ0v) is 18.0. The SMILES string of the molecule is CCc1nc(=O)n(-c2cccc(CCOc3cccc(CO)c3)c2)c2cc(Cl)ccc12. The summed E-state index contributed by atoms with van der Waals surface area (Å²) in [6.45, 7) is 2.45. The molecule has 0 fully saturated rings. The fourth-order valence-corrected chi connectivity index (χ4v) is 3.82. The lowest BCUT2D eigenvalue weighted by molar-refractivity contribution is 0.279. The summed E-state index contributed by atoms with van der Waals surface area (Å²) < 4.78 is 7.44. The molecule has 0 aliphatic carbocycles. The van der Waals surface area contributed by atoms with Crippen molar-refractivity contribution in [2.24, 2.45) is 0 Å². The Kier molecular flexibility index (Phi) is 6.35. The number of benzene rings is 3. The summed E-state index contributed by atoms with van der Waals surface area (Å²) >= 11 is 6.24. The first kappa shape index (κ1) is 21.1. The van der Waals surface area contributed by atoms with E-state index in [1.165, 1.54) is 0 Å². The summed E-state index contributed by atoms with van der Waals surface area (Å²) in [4.78, 5) is 17.2. The third kappa shape index (κ3) is 4.63. The van der Waals surface area contributed by atoms with E-state index in [-0.39, 0.29) is 12.3 Å². The molecule has 0 aliphatic heterocycles. The smallest absolute Gasteiger partial charge is 0.352 e. The van der Waals surface area contributed by atoms with E-state index >= 15 is 0 Å². The topological polar surface area (TPSA) is 64.4 Å². The van der Waals surface area contributed by atoms with Crippen LogP contribution in [0.2, 0.25) is 5.02 Å². The van der Waals surface area contributed by atoms with Gasteiger partial charge < -0.3 is 9.84 Å². The number of nitrogens with zero attached hydrogens (tertiary/aromatic N) is 2. The average molecular weight is 435 g/mol. The van der Waals surface area contributed by atoms with Gasteiger partial charge in [-0.15, -0.1) is 0 Å². The van der Waals surface area contributed by atoms with Crippen LogP contribution in [0.1, 0.15) is 23.7 Å². The number of aromatic nitrogens is 2. The van der Waals surface area contributed by atoms with Crippen molar-refractivity contribution >= 4 is 22.5 Å². The second kappa shape index (κ2) is 9.33. The molecule has 0 aliphatic rings. The molecule has 5 nitrogen and oxygen atoms in total. The lowest BCUT2D eigenvalue weighted by Gasteiger charge is -2.14. The summed E-state index contributed by atoms with van der Waals surface area (Å²) in [6.07, 6.45) is 1.34. The van der Waals surface area contributed by atoms with E-state index in [4.69, 9.17) is 16.3 Å². The van der Waals surface area contributed by atoms with Crippen molar-refractivity contribution in [3.8, 4) is 11.4 Å². The molecule has 0 saturated heterocycles. The number of rotatable bonds is 7. The van der Waals surface area contributed by atoms with E-state index in [9.17, 15) is 9.90 Å². The Bertz CT molecular complexity index is 1280. The molecule has 4 aromatic rings. The first-order chi connectivity index (χ1) is 15.1.